The second kappa shape index (κ2) is 5.96. The van der Waals surface area contributed by atoms with Crippen LogP contribution in [0.1, 0.15) is 31.2 Å². The van der Waals surface area contributed by atoms with Crippen LogP contribution < -0.4 is 5.32 Å². The molecule has 1 atom stereocenters. The van der Waals surface area contributed by atoms with Gasteiger partial charge < -0.3 is 5.32 Å². The number of nitrogens with one attached hydrogen (secondary N) is 1. The van der Waals surface area contributed by atoms with Crippen molar-refractivity contribution in [2.24, 2.45) is 5.92 Å². The standard InChI is InChI=1S/C14H19BrFN/c1-17-14(11-5-6-11)4-2-3-10-7-8-12(15)9-13(10)16/h7-9,11,14,17H,2-6H2,1H3. The maximum Gasteiger partial charge on any atom is 0.127 e. The van der Waals surface area contributed by atoms with E-state index < -0.39 is 0 Å². The van der Waals surface area contributed by atoms with Crippen LogP contribution in [0.3, 0.4) is 0 Å². The van der Waals surface area contributed by atoms with E-state index in [1.807, 2.05) is 19.2 Å². The molecular formula is C14H19BrFN. The highest BCUT2D eigenvalue weighted by molar-refractivity contribution is 9.10. The quantitative estimate of drug-likeness (QED) is 0.840. The Hall–Kier alpha value is -0.410. The zero-order valence-corrected chi connectivity index (χ0v) is 11.8. The summed E-state index contributed by atoms with van der Waals surface area (Å²) >= 11 is 3.28. The summed E-state index contributed by atoms with van der Waals surface area (Å²) in [5.74, 6) is 0.779. The largest absolute Gasteiger partial charge is 0.317 e. The SMILES string of the molecule is CNC(CCCc1ccc(Br)cc1F)C1CC1. The molecule has 3 heteroatoms. The molecule has 0 amide bonds. The molecule has 1 aromatic rings. The van der Waals surface area contributed by atoms with Crippen molar-refractivity contribution >= 4 is 15.9 Å². The molecule has 1 aromatic carbocycles. The van der Waals surface area contributed by atoms with E-state index in [1.54, 1.807) is 6.07 Å². The van der Waals surface area contributed by atoms with Crippen molar-refractivity contribution < 1.29 is 4.39 Å². The van der Waals surface area contributed by atoms with Crippen molar-refractivity contribution in [3.63, 3.8) is 0 Å². The minimum atomic E-state index is -0.0909. The molecule has 0 radical (unpaired) electrons. The summed E-state index contributed by atoms with van der Waals surface area (Å²) in [6, 6.07) is 5.97. The Kier molecular flexibility index (Phi) is 4.57. The lowest BCUT2D eigenvalue weighted by molar-refractivity contribution is 0.454. The summed E-state index contributed by atoms with van der Waals surface area (Å²) in [4.78, 5) is 0. The van der Waals surface area contributed by atoms with Crippen molar-refractivity contribution in [3.8, 4) is 0 Å². The van der Waals surface area contributed by atoms with E-state index in [0.717, 1.165) is 35.2 Å². The normalized spacial score (nSPS) is 17.1. The van der Waals surface area contributed by atoms with Gasteiger partial charge in [-0.2, -0.15) is 0 Å². The third-order valence-corrected chi connectivity index (χ3v) is 4.03. The van der Waals surface area contributed by atoms with Gasteiger partial charge in [-0.15, -0.1) is 0 Å². The van der Waals surface area contributed by atoms with Gasteiger partial charge in [-0.25, -0.2) is 4.39 Å². The predicted molar refractivity (Wildman–Crippen MR) is 72.6 cm³/mol. The lowest BCUT2D eigenvalue weighted by Crippen LogP contribution is -2.27. The smallest absolute Gasteiger partial charge is 0.127 e. The third-order valence-electron chi connectivity index (χ3n) is 3.54. The number of benzene rings is 1. The Morgan fingerprint density at radius 1 is 1.47 bits per heavy atom. The Bertz CT molecular complexity index is 376. The topological polar surface area (TPSA) is 12.0 Å². The molecule has 1 saturated carbocycles. The molecule has 0 aliphatic heterocycles. The first-order valence-electron chi connectivity index (χ1n) is 6.32. The number of aryl methyl sites for hydroxylation is 1. The lowest BCUT2D eigenvalue weighted by Gasteiger charge is -2.14. The van der Waals surface area contributed by atoms with E-state index in [4.69, 9.17) is 0 Å². The van der Waals surface area contributed by atoms with Crippen molar-refractivity contribution in [2.45, 2.75) is 38.1 Å². The molecule has 1 aliphatic carbocycles. The van der Waals surface area contributed by atoms with E-state index in [-0.39, 0.29) is 5.82 Å². The Morgan fingerprint density at radius 3 is 2.82 bits per heavy atom. The predicted octanol–water partition coefficient (Wildman–Crippen LogP) is 3.91. The molecule has 17 heavy (non-hydrogen) atoms. The molecule has 0 bridgehead atoms. The zero-order valence-electron chi connectivity index (χ0n) is 10.2. The van der Waals surface area contributed by atoms with Crippen molar-refractivity contribution in [2.75, 3.05) is 7.05 Å². The van der Waals surface area contributed by atoms with E-state index in [1.165, 1.54) is 12.8 Å². The Labute approximate surface area is 111 Å². The first kappa shape index (κ1) is 13.0. The second-order valence-corrected chi connectivity index (χ2v) is 5.78. The van der Waals surface area contributed by atoms with E-state index in [0.29, 0.717) is 6.04 Å². The van der Waals surface area contributed by atoms with Gasteiger partial charge in [0.05, 0.1) is 0 Å². The van der Waals surface area contributed by atoms with Crippen LogP contribution in [0.2, 0.25) is 0 Å². The molecule has 0 aromatic heterocycles. The maximum absolute atomic E-state index is 13.6. The summed E-state index contributed by atoms with van der Waals surface area (Å²) in [6.07, 6.45) is 5.76. The average molecular weight is 300 g/mol. The monoisotopic (exact) mass is 299 g/mol. The Balaban J connectivity index is 1.80. The first-order valence-corrected chi connectivity index (χ1v) is 7.11. The average Bonchev–Trinajstić information content (AvgIpc) is 3.11. The van der Waals surface area contributed by atoms with E-state index in [9.17, 15) is 4.39 Å². The molecule has 1 aliphatic rings. The van der Waals surface area contributed by atoms with E-state index >= 15 is 0 Å². The number of hydrogen-bond donors (Lipinski definition) is 1. The molecule has 94 valence electrons. The fourth-order valence-corrected chi connectivity index (χ4v) is 2.68. The van der Waals surface area contributed by atoms with Gasteiger partial charge >= 0.3 is 0 Å². The van der Waals surface area contributed by atoms with Crippen molar-refractivity contribution in [3.05, 3.63) is 34.1 Å². The van der Waals surface area contributed by atoms with Gasteiger partial charge in [0.1, 0.15) is 5.82 Å². The summed E-state index contributed by atoms with van der Waals surface area (Å²) in [6.45, 7) is 0. The van der Waals surface area contributed by atoms with Crippen LogP contribution in [0.5, 0.6) is 0 Å². The molecular weight excluding hydrogens is 281 g/mol. The minimum absolute atomic E-state index is 0.0909. The van der Waals surface area contributed by atoms with E-state index in [2.05, 4.69) is 21.2 Å². The van der Waals surface area contributed by atoms with Gasteiger partial charge in [-0.05, 0) is 62.8 Å². The Morgan fingerprint density at radius 2 is 2.24 bits per heavy atom. The van der Waals surface area contributed by atoms with Gasteiger partial charge in [-0.1, -0.05) is 22.0 Å². The highest BCUT2D eigenvalue weighted by Crippen LogP contribution is 2.34. The summed E-state index contributed by atoms with van der Waals surface area (Å²) in [5.41, 5.74) is 0.832. The molecule has 2 rings (SSSR count). The van der Waals surface area contributed by atoms with Gasteiger partial charge in [0.15, 0.2) is 0 Å². The fraction of sp³-hybridized carbons (Fsp3) is 0.571. The van der Waals surface area contributed by atoms with Crippen molar-refractivity contribution in [1.82, 2.24) is 5.32 Å². The van der Waals surface area contributed by atoms with Crippen molar-refractivity contribution in [1.29, 1.82) is 0 Å². The first-order chi connectivity index (χ1) is 8.20. The fourth-order valence-electron chi connectivity index (χ4n) is 2.35. The highest BCUT2D eigenvalue weighted by Gasteiger charge is 2.29. The zero-order chi connectivity index (χ0) is 12.3. The summed E-state index contributed by atoms with van der Waals surface area (Å²) in [5, 5.41) is 3.37. The number of halogens is 2. The van der Waals surface area contributed by atoms with Gasteiger partial charge in [0, 0.05) is 10.5 Å². The summed E-state index contributed by atoms with van der Waals surface area (Å²) < 4.78 is 14.4. The van der Waals surface area contributed by atoms with Crippen LogP contribution in [-0.4, -0.2) is 13.1 Å². The van der Waals surface area contributed by atoms with Crippen LogP contribution in [0.15, 0.2) is 22.7 Å². The molecule has 0 spiro atoms. The third kappa shape index (κ3) is 3.78. The maximum atomic E-state index is 13.6. The molecule has 1 unspecified atom stereocenters. The molecule has 1 nitrogen and oxygen atoms in total. The number of hydrogen-bond acceptors (Lipinski definition) is 1. The highest BCUT2D eigenvalue weighted by atomic mass is 79.9. The molecule has 1 N–H and O–H groups in total. The molecule has 0 saturated heterocycles. The van der Waals surface area contributed by atoms with Gasteiger partial charge in [0.25, 0.3) is 0 Å². The van der Waals surface area contributed by atoms with Crippen LogP contribution in [-0.2, 0) is 6.42 Å². The number of rotatable bonds is 6. The van der Waals surface area contributed by atoms with Crippen LogP contribution in [0.25, 0.3) is 0 Å². The van der Waals surface area contributed by atoms with Crippen LogP contribution in [0.4, 0.5) is 4.39 Å². The lowest BCUT2D eigenvalue weighted by atomic mass is 10.0. The van der Waals surface area contributed by atoms with Crippen LogP contribution in [0, 0.1) is 11.7 Å². The second-order valence-electron chi connectivity index (χ2n) is 4.86. The molecule has 1 fully saturated rings. The summed E-state index contributed by atoms with van der Waals surface area (Å²) in [7, 11) is 2.03. The van der Waals surface area contributed by atoms with Gasteiger partial charge in [-0.3, -0.25) is 0 Å². The van der Waals surface area contributed by atoms with Crippen LogP contribution >= 0.6 is 15.9 Å². The van der Waals surface area contributed by atoms with Gasteiger partial charge in [0.2, 0.25) is 0 Å². The molecule has 0 heterocycles. The minimum Gasteiger partial charge on any atom is -0.317 e.